The van der Waals surface area contributed by atoms with Crippen molar-refractivity contribution in [1.82, 2.24) is 15.5 Å². The second-order valence-electron chi connectivity index (χ2n) is 5.89. The first-order chi connectivity index (χ1) is 11.7. The Morgan fingerprint density at radius 3 is 2.58 bits per heavy atom. The van der Waals surface area contributed by atoms with Gasteiger partial charge in [0.25, 0.3) is 0 Å². The van der Waals surface area contributed by atoms with Gasteiger partial charge in [0.1, 0.15) is 0 Å². The number of benzene rings is 1. The number of ether oxygens (including phenoxy) is 2. The van der Waals surface area contributed by atoms with E-state index in [0.29, 0.717) is 19.7 Å². The van der Waals surface area contributed by atoms with Gasteiger partial charge < -0.3 is 20.1 Å². The van der Waals surface area contributed by atoms with Crippen LogP contribution in [0.2, 0.25) is 0 Å². The first-order valence-electron chi connectivity index (χ1n) is 8.66. The number of hydrogen-bond acceptors (Lipinski definition) is 4. The number of hydrogen-bond donors (Lipinski definition) is 2. The Balaban J connectivity index is 1.98. The molecule has 1 atom stereocenters. The monoisotopic (exact) mass is 335 g/mol. The number of carbonyl (C=O) groups is 1. The fourth-order valence-electron chi connectivity index (χ4n) is 2.84. The molecular formula is C18H29N3O3. The summed E-state index contributed by atoms with van der Waals surface area (Å²) in [4.78, 5) is 14.3. The Morgan fingerprint density at radius 1 is 1.25 bits per heavy atom. The lowest BCUT2D eigenvalue weighted by Gasteiger charge is -2.35. The van der Waals surface area contributed by atoms with Gasteiger partial charge in [-0.3, -0.25) is 4.90 Å². The van der Waals surface area contributed by atoms with Gasteiger partial charge in [-0.2, -0.15) is 0 Å². The second kappa shape index (κ2) is 10.3. The maximum Gasteiger partial charge on any atom is 0.314 e. The van der Waals surface area contributed by atoms with E-state index in [9.17, 15) is 4.79 Å². The molecule has 0 aromatic heterocycles. The van der Waals surface area contributed by atoms with E-state index in [-0.39, 0.29) is 12.1 Å². The molecule has 6 nitrogen and oxygen atoms in total. The quantitative estimate of drug-likeness (QED) is 0.708. The zero-order chi connectivity index (χ0) is 17.2. The number of carbonyl (C=O) groups excluding carboxylic acids is 1. The molecule has 1 saturated heterocycles. The second-order valence-corrected chi connectivity index (χ2v) is 5.89. The first-order valence-corrected chi connectivity index (χ1v) is 8.66. The van der Waals surface area contributed by atoms with Gasteiger partial charge in [-0.1, -0.05) is 31.2 Å². The highest BCUT2D eigenvalue weighted by atomic mass is 16.5. The topological polar surface area (TPSA) is 62.8 Å². The van der Waals surface area contributed by atoms with Gasteiger partial charge in [0.05, 0.1) is 25.9 Å². The molecule has 0 spiro atoms. The fraction of sp³-hybridized carbons (Fsp3) is 0.611. The van der Waals surface area contributed by atoms with E-state index < -0.39 is 0 Å². The fourth-order valence-corrected chi connectivity index (χ4v) is 2.84. The van der Waals surface area contributed by atoms with Crippen LogP contribution in [-0.2, 0) is 15.9 Å². The normalized spacial score (nSPS) is 16.6. The zero-order valence-electron chi connectivity index (χ0n) is 14.7. The van der Waals surface area contributed by atoms with Crippen molar-refractivity contribution in [3.8, 4) is 0 Å². The van der Waals surface area contributed by atoms with Crippen LogP contribution in [0.1, 0.15) is 24.1 Å². The molecule has 6 heteroatoms. The largest absolute Gasteiger partial charge is 0.383 e. The molecule has 1 aromatic rings. The highest BCUT2D eigenvalue weighted by Crippen LogP contribution is 2.22. The molecular weight excluding hydrogens is 306 g/mol. The smallest absolute Gasteiger partial charge is 0.314 e. The summed E-state index contributed by atoms with van der Waals surface area (Å²) < 4.78 is 10.4. The minimum atomic E-state index is -0.157. The molecule has 2 N–H and O–H groups in total. The van der Waals surface area contributed by atoms with Crippen LogP contribution in [0.15, 0.2) is 24.3 Å². The van der Waals surface area contributed by atoms with E-state index in [1.807, 2.05) is 0 Å². The van der Waals surface area contributed by atoms with Crippen molar-refractivity contribution in [2.24, 2.45) is 0 Å². The lowest BCUT2D eigenvalue weighted by Crippen LogP contribution is -2.46. The summed E-state index contributed by atoms with van der Waals surface area (Å²) in [6.07, 6.45) is 1.03. The predicted molar refractivity (Wildman–Crippen MR) is 94.2 cm³/mol. The molecule has 1 aromatic carbocycles. The highest BCUT2D eigenvalue weighted by molar-refractivity contribution is 5.73. The van der Waals surface area contributed by atoms with Crippen LogP contribution in [-0.4, -0.2) is 64.0 Å². The van der Waals surface area contributed by atoms with Gasteiger partial charge in [-0.25, -0.2) is 4.79 Å². The lowest BCUT2D eigenvalue weighted by molar-refractivity contribution is 0.0167. The summed E-state index contributed by atoms with van der Waals surface area (Å²) in [5.74, 6) is 0. The molecule has 2 amide bonds. The van der Waals surface area contributed by atoms with E-state index in [2.05, 4.69) is 46.7 Å². The number of rotatable bonds is 8. The van der Waals surface area contributed by atoms with Gasteiger partial charge in [0, 0.05) is 33.3 Å². The van der Waals surface area contributed by atoms with Gasteiger partial charge in [-0.05, 0) is 17.5 Å². The van der Waals surface area contributed by atoms with Crippen molar-refractivity contribution in [3.05, 3.63) is 35.4 Å². The maximum absolute atomic E-state index is 11.9. The van der Waals surface area contributed by atoms with Crippen LogP contribution in [0.4, 0.5) is 4.79 Å². The average molecular weight is 335 g/mol. The number of amides is 2. The Kier molecular flexibility index (Phi) is 8.01. The summed E-state index contributed by atoms with van der Waals surface area (Å²) >= 11 is 0. The van der Waals surface area contributed by atoms with Crippen molar-refractivity contribution in [3.63, 3.8) is 0 Å². The van der Waals surface area contributed by atoms with Crippen molar-refractivity contribution in [2.45, 2.75) is 19.4 Å². The summed E-state index contributed by atoms with van der Waals surface area (Å²) in [5.41, 5.74) is 2.55. The maximum atomic E-state index is 11.9. The van der Waals surface area contributed by atoms with Crippen molar-refractivity contribution in [2.75, 3.05) is 53.1 Å². The molecule has 1 aliphatic rings. The molecule has 1 aliphatic heterocycles. The van der Waals surface area contributed by atoms with E-state index >= 15 is 0 Å². The molecule has 24 heavy (non-hydrogen) atoms. The van der Waals surface area contributed by atoms with Crippen LogP contribution >= 0.6 is 0 Å². The van der Waals surface area contributed by atoms with Gasteiger partial charge in [-0.15, -0.1) is 0 Å². The third-order valence-corrected chi connectivity index (χ3v) is 4.31. The Morgan fingerprint density at radius 2 is 1.96 bits per heavy atom. The summed E-state index contributed by atoms with van der Waals surface area (Å²) in [6.45, 7) is 6.99. The molecule has 1 fully saturated rings. The standard InChI is InChI=1S/C18H29N3O3/c1-3-15-4-6-16(7-5-15)17(21-9-12-24-13-10-21)14-20-18(22)19-8-11-23-2/h4-7,17H,3,8-14H2,1-2H3,(H2,19,20,22). The SMILES string of the molecule is CCc1ccc(C(CNC(=O)NCCOC)N2CCOCC2)cc1. The Hall–Kier alpha value is -1.63. The van der Waals surface area contributed by atoms with E-state index in [0.717, 1.165) is 32.7 Å². The first kappa shape index (κ1) is 18.7. The number of nitrogens with zero attached hydrogens (tertiary/aromatic N) is 1. The van der Waals surface area contributed by atoms with Gasteiger partial charge in [0.2, 0.25) is 0 Å². The number of urea groups is 1. The van der Waals surface area contributed by atoms with Crippen LogP contribution in [0.3, 0.4) is 0 Å². The molecule has 2 rings (SSSR count). The minimum Gasteiger partial charge on any atom is -0.383 e. The lowest BCUT2D eigenvalue weighted by atomic mass is 10.0. The van der Waals surface area contributed by atoms with Crippen LogP contribution in [0.25, 0.3) is 0 Å². The van der Waals surface area contributed by atoms with Crippen LogP contribution in [0, 0.1) is 0 Å². The molecule has 0 saturated carbocycles. The Labute approximate surface area is 144 Å². The highest BCUT2D eigenvalue weighted by Gasteiger charge is 2.23. The van der Waals surface area contributed by atoms with Crippen molar-refractivity contribution in [1.29, 1.82) is 0 Å². The molecule has 0 bridgehead atoms. The molecule has 0 aliphatic carbocycles. The average Bonchev–Trinajstić information content (AvgIpc) is 2.63. The number of aryl methyl sites for hydroxylation is 1. The number of methoxy groups -OCH3 is 1. The van der Waals surface area contributed by atoms with Crippen molar-refractivity contribution >= 4 is 6.03 Å². The summed E-state index contributed by atoms with van der Waals surface area (Å²) in [6, 6.07) is 8.68. The van der Waals surface area contributed by atoms with E-state index in [1.54, 1.807) is 7.11 Å². The van der Waals surface area contributed by atoms with E-state index in [4.69, 9.17) is 9.47 Å². The molecule has 0 radical (unpaired) electrons. The third kappa shape index (κ3) is 5.78. The summed E-state index contributed by atoms with van der Waals surface area (Å²) in [7, 11) is 1.62. The third-order valence-electron chi connectivity index (χ3n) is 4.31. The molecule has 1 heterocycles. The van der Waals surface area contributed by atoms with Crippen LogP contribution < -0.4 is 10.6 Å². The zero-order valence-corrected chi connectivity index (χ0v) is 14.7. The minimum absolute atomic E-state index is 0.157. The van der Waals surface area contributed by atoms with Gasteiger partial charge in [0.15, 0.2) is 0 Å². The van der Waals surface area contributed by atoms with E-state index in [1.165, 1.54) is 11.1 Å². The van der Waals surface area contributed by atoms with Crippen molar-refractivity contribution < 1.29 is 14.3 Å². The Bertz CT molecular complexity index is 487. The van der Waals surface area contributed by atoms with Gasteiger partial charge >= 0.3 is 6.03 Å². The molecule has 134 valence electrons. The molecule has 1 unspecified atom stereocenters. The number of morpholine rings is 1. The predicted octanol–water partition coefficient (Wildman–Crippen LogP) is 1.57. The summed E-state index contributed by atoms with van der Waals surface area (Å²) in [5, 5.41) is 5.77. The number of nitrogens with one attached hydrogen (secondary N) is 2. The van der Waals surface area contributed by atoms with Crippen LogP contribution in [0.5, 0.6) is 0 Å².